The molecule has 1 aliphatic rings. The van der Waals surface area contributed by atoms with Crippen molar-refractivity contribution in [3.8, 4) is 0 Å². The van der Waals surface area contributed by atoms with Crippen molar-refractivity contribution in [2.24, 2.45) is 4.99 Å². The monoisotopic (exact) mass is 576 g/mol. The van der Waals surface area contributed by atoms with Gasteiger partial charge in [-0.15, -0.1) is 24.0 Å². The van der Waals surface area contributed by atoms with E-state index in [0.29, 0.717) is 32.1 Å². The molecule has 1 heterocycles. The molecule has 0 amide bonds. The molecule has 148 valence electrons. The lowest BCUT2D eigenvalue weighted by atomic mass is 10.2. The molecule has 1 fully saturated rings. The summed E-state index contributed by atoms with van der Waals surface area (Å²) in [6, 6.07) is 8.10. The molecule has 2 rings (SSSR count). The molecule has 0 unspecified atom stereocenters. The van der Waals surface area contributed by atoms with Gasteiger partial charge in [-0.2, -0.15) is 11.8 Å². The summed E-state index contributed by atoms with van der Waals surface area (Å²) in [4.78, 5) is 6.22. The van der Waals surface area contributed by atoms with Crippen LogP contribution in [0.15, 0.2) is 33.7 Å². The van der Waals surface area contributed by atoms with Crippen LogP contribution in [0.3, 0.4) is 0 Å². The number of hydrogen-bond donors (Lipinski definition) is 1. The van der Waals surface area contributed by atoms with Crippen molar-refractivity contribution < 1.29 is 8.42 Å². The summed E-state index contributed by atoms with van der Waals surface area (Å²) in [7, 11) is 0.446. The van der Waals surface area contributed by atoms with Gasteiger partial charge in [0.1, 0.15) is 0 Å². The van der Waals surface area contributed by atoms with Gasteiger partial charge in [0.05, 0.1) is 5.75 Å². The van der Waals surface area contributed by atoms with E-state index in [1.807, 2.05) is 36.2 Å². The minimum Gasteiger partial charge on any atom is -0.355 e. The first-order chi connectivity index (χ1) is 11.9. The van der Waals surface area contributed by atoms with Crippen LogP contribution in [0.25, 0.3) is 0 Å². The summed E-state index contributed by atoms with van der Waals surface area (Å²) in [5, 5.41) is 3.15. The van der Waals surface area contributed by atoms with Crippen molar-refractivity contribution in [2.75, 3.05) is 51.0 Å². The average Bonchev–Trinajstić information content (AvgIpc) is 2.61. The van der Waals surface area contributed by atoms with Crippen LogP contribution in [-0.4, -0.2) is 74.6 Å². The highest BCUT2D eigenvalue weighted by atomic mass is 127. The smallest absolute Gasteiger partial charge is 0.215 e. The van der Waals surface area contributed by atoms with Crippen LogP contribution in [0.1, 0.15) is 5.56 Å². The topological polar surface area (TPSA) is 65.0 Å². The fourth-order valence-corrected chi connectivity index (χ4v) is 5.32. The maximum Gasteiger partial charge on any atom is 0.215 e. The molecule has 0 aromatic heterocycles. The number of benzene rings is 1. The van der Waals surface area contributed by atoms with Gasteiger partial charge in [0, 0.05) is 56.3 Å². The average molecular weight is 577 g/mol. The molecule has 10 heteroatoms. The standard InChI is InChI=1S/C16H25BrN4O2S2.HI/c1-18-16(20(2)13-14-3-5-15(17)6-4-14)19-7-12-25(22,23)21-8-10-24-11-9-21;/h3-6H,7-13H2,1-2H3,(H,18,19);1H. The lowest BCUT2D eigenvalue weighted by molar-refractivity contribution is 0.442. The molecule has 1 aromatic rings. The van der Waals surface area contributed by atoms with Crippen molar-refractivity contribution in [1.82, 2.24) is 14.5 Å². The van der Waals surface area contributed by atoms with E-state index in [-0.39, 0.29) is 29.7 Å². The molecule has 0 spiro atoms. The highest BCUT2D eigenvalue weighted by molar-refractivity contribution is 14.0. The predicted octanol–water partition coefficient (Wildman–Crippen LogP) is 2.45. The molecule has 1 aliphatic heterocycles. The minimum atomic E-state index is -3.20. The Hall–Kier alpha value is -0.0400. The third-order valence-electron chi connectivity index (χ3n) is 3.91. The highest BCUT2D eigenvalue weighted by Gasteiger charge is 2.23. The van der Waals surface area contributed by atoms with E-state index in [9.17, 15) is 8.42 Å². The molecule has 0 saturated carbocycles. The summed E-state index contributed by atoms with van der Waals surface area (Å²) >= 11 is 5.23. The summed E-state index contributed by atoms with van der Waals surface area (Å²) in [6.07, 6.45) is 0. The molecule has 0 aliphatic carbocycles. The van der Waals surface area contributed by atoms with E-state index < -0.39 is 10.0 Å². The van der Waals surface area contributed by atoms with Gasteiger partial charge < -0.3 is 10.2 Å². The van der Waals surface area contributed by atoms with Gasteiger partial charge >= 0.3 is 0 Å². The summed E-state index contributed by atoms with van der Waals surface area (Å²) in [5.74, 6) is 2.53. The number of hydrogen-bond acceptors (Lipinski definition) is 4. The van der Waals surface area contributed by atoms with Crippen molar-refractivity contribution in [1.29, 1.82) is 0 Å². The Morgan fingerprint density at radius 2 is 1.92 bits per heavy atom. The van der Waals surface area contributed by atoms with Gasteiger partial charge in [0.15, 0.2) is 5.96 Å². The third kappa shape index (κ3) is 7.53. The van der Waals surface area contributed by atoms with E-state index in [2.05, 4.69) is 26.2 Å². The Labute approximate surface area is 186 Å². The fourth-order valence-electron chi connectivity index (χ4n) is 2.57. The van der Waals surface area contributed by atoms with E-state index in [0.717, 1.165) is 21.5 Å². The van der Waals surface area contributed by atoms with Crippen LogP contribution in [0.5, 0.6) is 0 Å². The molecule has 1 saturated heterocycles. The second kappa shape index (κ2) is 11.7. The van der Waals surface area contributed by atoms with Gasteiger partial charge in [-0.05, 0) is 17.7 Å². The van der Waals surface area contributed by atoms with E-state index in [4.69, 9.17) is 0 Å². The summed E-state index contributed by atoms with van der Waals surface area (Å²) in [5.41, 5.74) is 1.16. The van der Waals surface area contributed by atoms with Crippen molar-refractivity contribution in [3.05, 3.63) is 34.3 Å². The number of rotatable bonds is 6. The first-order valence-electron chi connectivity index (χ1n) is 8.14. The minimum absolute atomic E-state index is 0. The van der Waals surface area contributed by atoms with E-state index in [1.165, 1.54) is 0 Å². The number of nitrogens with zero attached hydrogens (tertiary/aromatic N) is 3. The van der Waals surface area contributed by atoms with Crippen LogP contribution in [-0.2, 0) is 16.6 Å². The third-order valence-corrected chi connectivity index (χ3v) is 7.26. The molecule has 26 heavy (non-hydrogen) atoms. The molecule has 0 bridgehead atoms. The van der Waals surface area contributed by atoms with Crippen LogP contribution in [0.2, 0.25) is 0 Å². The maximum atomic E-state index is 12.4. The number of guanidine groups is 1. The van der Waals surface area contributed by atoms with Gasteiger partial charge in [0.25, 0.3) is 0 Å². The molecular weight excluding hydrogens is 551 g/mol. The second-order valence-corrected chi connectivity index (χ2v) is 10.0. The first-order valence-corrected chi connectivity index (χ1v) is 11.7. The lowest BCUT2D eigenvalue weighted by Crippen LogP contribution is -2.44. The summed E-state index contributed by atoms with van der Waals surface area (Å²) < 4.78 is 27.4. The van der Waals surface area contributed by atoms with Crippen LogP contribution in [0.4, 0.5) is 0 Å². The van der Waals surface area contributed by atoms with Gasteiger partial charge in [-0.1, -0.05) is 28.1 Å². The van der Waals surface area contributed by atoms with Gasteiger partial charge in [0.2, 0.25) is 10.0 Å². The molecule has 0 radical (unpaired) electrons. The van der Waals surface area contributed by atoms with E-state index in [1.54, 1.807) is 23.1 Å². The number of halogens is 2. The van der Waals surface area contributed by atoms with Crippen molar-refractivity contribution in [3.63, 3.8) is 0 Å². The Balaban J connectivity index is 0.00000338. The Kier molecular flexibility index (Phi) is 10.8. The lowest BCUT2D eigenvalue weighted by Gasteiger charge is -2.26. The SMILES string of the molecule is CN=C(NCCS(=O)(=O)N1CCSCC1)N(C)Cc1ccc(Br)cc1.I. The zero-order chi connectivity index (χ0) is 18.3. The molecule has 0 atom stereocenters. The zero-order valence-electron chi connectivity index (χ0n) is 15.0. The van der Waals surface area contributed by atoms with Crippen molar-refractivity contribution in [2.45, 2.75) is 6.54 Å². The van der Waals surface area contributed by atoms with Crippen molar-refractivity contribution >= 4 is 67.7 Å². The quantitative estimate of drug-likeness (QED) is 0.320. The Morgan fingerprint density at radius 1 is 1.31 bits per heavy atom. The Morgan fingerprint density at radius 3 is 2.50 bits per heavy atom. The maximum absolute atomic E-state index is 12.4. The predicted molar refractivity (Wildman–Crippen MR) is 125 cm³/mol. The summed E-state index contributed by atoms with van der Waals surface area (Å²) in [6.45, 7) is 2.28. The van der Waals surface area contributed by atoms with Crippen LogP contribution < -0.4 is 5.32 Å². The number of nitrogens with one attached hydrogen (secondary N) is 1. The molecule has 6 nitrogen and oxygen atoms in total. The van der Waals surface area contributed by atoms with Crippen LogP contribution >= 0.6 is 51.7 Å². The fraction of sp³-hybridized carbons (Fsp3) is 0.562. The molecule has 1 N–H and O–H groups in total. The number of sulfonamides is 1. The first kappa shape index (κ1) is 24.0. The number of aliphatic imine (C=N–C) groups is 1. The molecule has 1 aromatic carbocycles. The van der Waals surface area contributed by atoms with Gasteiger partial charge in [-0.3, -0.25) is 4.99 Å². The van der Waals surface area contributed by atoms with E-state index >= 15 is 0 Å². The van der Waals surface area contributed by atoms with Gasteiger partial charge in [-0.25, -0.2) is 12.7 Å². The normalized spacial score (nSPS) is 16.0. The Bertz CT molecular complexity index is 680. The molecular formula is C16H26BrIN4O2S2. The second-order valence-electron chi connectivity index (χ2n) is 5.78. The van der Waals surface area contributed by atoms with Crippen LogP contribution in [0, 0.1) is 0 Å². The highest BCUT2D eigenvalue weighted by Crippen LogP contribution is 2.13. The largest absolute Gasteiger partial charge is 0.355 e. The number of thioether (sulfide) groups is 1. The zero-order valence-corrected chi connectivity index (χ0v) is 20.6.